The molecule has 1 aromatic rings. The van der Waals surface area contributed by atoms with Gasteiger partial charge in [-0.3, -0.25) is 0 Å². The fraction of sp³-hybridized carbons (Fsp3) is 0.300. The van der Waals surface area contributed by atoms with Gasteiger partial charge in [0.05, 0.1) is 2.74 Å². The van der Waals surface area contributed by atoms with Crippen molar-refractivity contribution in [1.29, 1.82) is 5.26 Å². The van der Waals surface area contributed by atoms with Gasteiger partial charge < -0.3 is 4.90 Å². The summed E-state index contributed by atoms with van der Waals surface area (Å²) in [5.41, 5.74) is -1.55. The Bertz CT molecular complexity index is 584. The average Bonchev–Trinajstić information content (AvgIpc) is 2.52. The van der Waals surface area contributed by atoms with Crippen LogP contribution in [0.4, 0.5) is 0 Å². The lowest BCUT2D eigenvalue weighted by Crippen LogP contribution is -2.23. The monoisotopic (exact) mass is 256 g/mol. The van der Waals surface area contributed by atoms with E-state index in [1.807, 2.05) is 0 Å². The standard InChI is InChI=1S/C10H9ClN4S/c11-9-2-1-8(5-13-9)6-15-3-4-16-10(15)14-7-12/h1-2,5H,3-4,6H2/i3D2,4D2. The van der Waals surface area contributed by atoms with Crippen molar-refractivity contribution in [2.75, 3.05) is 12.2 Å². The van der Waals surface area contributed by atoms with E-state index in [1.165, 1.54) is 6.20 Å². The van der Waals surface area contributed by atoms with Gasteiger partial charge in [0.25, 0.3) is 0 Å². The minimum Gasteiger partial charge on any atom is -0.345 e. The zero-order valence-corrected chi connectivity index (χ0v) is 9.59. The van der Waals surface area contributed by atoms with Crippen LogP contribution in [-0.2, 0) is 6.54 Å². The molecular formula is C10H9ClN4S. The Labute approximate surface area is 109 Å². The highest BCUT2D eigenvalue weighted by atomic mass is 35.5. The molecule has 6 heteroatoms. The fourth-order valence-electron chi connectivity index (χ4n) is 1.14. The van der Waals surface area contributed by atoms with E-state index in [1.54, 1.807) is 18.3 Å². The number of aliphatic imine (C=N–C) groups is 1. The van der Waals surface area contributed by atoms with Gasteiger partial charge in [-0.25, -0.2) is 4.98 Å². The maximum absolute atomic E-state index is 8.64. The number of nitrogens with zero attached hydrogens (tertiary/aromatic N) is 4. The minimum atomic E-state index is -2.28. The van der Waals surface area contributed by atoms with Crippen LogP contribution in [-0.4, -0.2) is 27.3 Å². The van der Waals surface area contributed by atoms with E-state index in [9.17, 15) is 0 Å². The van der Waals surface area contributed by atoms with Gasteiger partial charge in [-0.1, -0.05) is 29.4 Å². The van der Waals surface area contributed by atoms with Crippen LogP contribution in [0.5, 0.6) is 0 Å². The second kappa shape index (κ2) is 5.19. The van der Waals surface area contributed by atoms with E-state index >= 15 is 0 Å². The molecule has 2 rings (SSSR count). The zero-order valence-electron chi connectivity index (χ0n) is 12.0. The average molecular weight is 257 g/mol. The first-order valence-electron chi connectivity index (χ1n) is 6.32. The first-order valence-corrected chi connectivity index (χ1v) is 5.51. The molecule has 0 spiro atoms. The summed E-state index contributed by atoms with van der Waals surface area (Å²) in [5, 5.41) is 8.96. The molecule has 0 radical (unpaired) electrons. The number of amidine groups is 1. The molecule has 2 heterocycles. The van der Waals surface area contributed by atoms with Crippen molar-refractivity contribution in [3.8, 4) is 6.19 Å². The number of halogens is 1. The molecule has 0 aromatic carbocycles. The summed E-state index contributed by atoms with van der Waals surface area (Å²) >= 11 is 6.27. The summed E-state index contributed by atoms with van der Waals surface area (Å²) < 4.78 is 31.2. The van der Waals surface area contributed by atoms with Crippen molar-refractivity contribution in [3.63, 3.8) is 0 Å². The molecule has 1 fully saturated rings. The van der Waals surface area contributed by atoms with E-state index in [0.29, 0.717) is 22.5 Å². The summed E-state index contributed by atoms with van der Waals surface area (Å²) in [6.45, 7) is -2.24. The summed E-state index contributed by atoms with van der Waals surface area (Å²) in [6, 6.07) is 3.22. The maximum atomic E-state index is 8.64. The molecule has 0 unspecified atom stereocenters. The topological polar surface area (TPSA) is 52.3 Å². The molecular weight excluding hydrogens is 244 g/mol. The number of hydrogen-bond donors (Lipinski definition) is 0. The lowest BCUT2D eigenvalue weighted by molar-refractivity contribution is 0.456. The number of hydrogen-bond acceptors (Lipinski definition) is 4. The Kier molecular flexibility index (Phi) is 2.32. The predicted molar refractivity (Wildman–Crippen MR) is 65.2 cm³/mol. The Morgan fingerprint density at radius 3 is 3.31 bits per heavy atom. The lowest BCUT2D eigenvalue weighted by Gasteiger charge is -2.16. The smallest absolute Gasteiger partial charge is 0.208 e. The highest BCUT2D eigenvalue weighted by Crippen LogP contribution is 2.20. The van der Waals surface area contributed by atoms with Crippen LogP contribution in [0.25, 0.3) is 0 Å². The summed E-state index contributed by atoms with van der Waals surface area (Å²) in [5.74, 6) is 0. The van der Waals surface area contributed by atoms with Gasteiger partial charge in [0.15, 0.2) is 5.17 Å². The van der Waals surface area contributed by atoms with Gasteiger partial charge in [0.1, 0.15) is 5.15 Å². The van der Waals surface area contributed by atoms with Gasteiger partial charge in [-0.2, -0.15) is 5.26 Å². The van der Waals surface area contributed by atoms with E-state index in [-0.39, 0.29) is 11.7 Å². The van der Waals surface area contributed by atoms with Crippen LogP contribution in [0.15, 0.2) is 23.3 Å². The number of pyridine rings is 1. The molecule has 0 aliphatic carbocycles. The van der Waals surface area contributed by atoms with Crippen molar-refractivity contribution in [2.24, 2.45) is 4.99 Å². The number of nitriles is 1. The fourth-order valence-corrected chi connectivity index (χ4v) is 1.81. The van der Waals surface area contributed by atoms with E-state index in [4.69, 9.17) is 22.3 Å². The molecule has 0 bridgehead atoms. The van der Waals surface area contributed by atoms with Crippen LogP contribution in [0.2, 0.25) is 5.15 Å². The van der Waals surface area contributed by atoms with Gasteiger partial charge in [-0.15, -0.1) is 4.99 Å². The molecule has 1 aliphatic rings. The number of aromatic nitrogens is 1. The van der Waals surface area contributed by atoms with Crippen LogP contribution >= 0.6 is 23.4 Å². The SMILES string of the molecule is [2H]C1([2H])SC(=NC#N)N(Cc2ccc(Cl)nc2)C1([2H])[2H]. The second-order valence-corrected chi connectivity index (χ2v) is 4.05. The molecule has 0 atom stereocenters. The maximum Gasteiger partial charge on any atom is 0.208 e. The Hall–Kier alpha value is -1.25. The van der Waals surface area contributed by atoms with Crippen LogP contribution in [0, 0.1) is 11.5 Å². The molecule has 1 aliphatic heterocycles. The quantitative estimate of drug-likeness (QED) is 0.601. The molecule has 4 nitrogen and oxygen atoms in total. The number of rotatable bonds is 2. The van der Waals surface area contributed by atoms with Crippen molar-refractivity contribution < 1.29 is 5.48 Å². The van der Waals surface area contributed by atoms with Crippen LogP contribution < -0.4 is 0 Å². The largest absolute Gasteiger partial charge is 0.345 e. The normalized spacial score (nSPS) is 27.8. The zero-order chi connectivity index (χ0) is 15.0. The third-order valence-corrected chi connectivity index (χ3v) is 2.74. The first-order chi connectivity index (χ1) is 9.28. The van der Waals surface area contributed by atoms with E-state index in [2.05, 4.69) is 9.98 Å². The van der Waals surface area contributed by atoms with Crippen LogP contribution in [0.1, 0.15) is 11.0 Å². The minimum absolute atomic E-state index is 0.0115. The molecule has 1 saturated heterocycles. The van der Waals surface area contributed by atoms with Gasteiger partial charge >= 0.3 is 0 Å². The highest BCUT2D eigenvalue weighted by Gasteiger charge is 2.19. The van der Waals surface area contributed by atoms with Gasteiger partial charge in [0, 0.05) is 27.7 Å². The van der Waals surface area contributed by atoms with E-state index in [0.717, 1.165) is 4.90 Å². The van der Waals surface area contributed by atoms with Gasteiger partial charge in [-0.05, 0) is 11.6 Å². The molecule has 1 aromatic heterocycles. The van der Waals surface area contributed by atoms with E-state index < -0.39 is 12.2 Å². The summed E-state index contributed by atoms with van der Waals surface area (Å²) in [7, 11) is 0. The third kappa shape index (κ3) is 2.65. The molecule has 16 heavy (non-hydrogen) atoms. The summed E-state index contributed by atoms with van der Waals surface area (Å²) in [4.78, 5) is 8.50. The third-order valence-electron chi connectivity index (χ3n) is 1.83. The molecule has 82 valence electrons. The van der Waals surface area contributed by atoms with Crippen molar-refractivity contribution in [3.05, 3.63) is 29.0 Å². The van der Waals surface area contributed by atoms with Crippen molar-refractivity contribution >= 4 is 28.5 Å². The molecule has 0 amide bonds. The molecule has 0 N–H and O–H groups in total. The highest BCUT2D eigenvalue weighted by molar-refractivity contribution is 8.14. The van der Waals surface area contributed by atoms with Crippen molar-refractivity contribution in [2.45, 2.75) is 6.54 Å². The Morgan fingerprint density at radius 1 is 1.75 bits per heavy atom. The number of thioether (sulfide) groups is 1. The lowest BCUT2D eigenvalue weighted by atomic mass is 10.3. The first kappa shape index (κ1) is 7.15. The Balaban J connectivity index is 2.34. The summed E-state index contributed by atoms with van der Waals surface area (Å²) in [6.07, 6.45) is 3.04. The van der Waals surface area contributed by atoms with Crippen LogP contribution in [0.3, 0.4) is 0 Å². The predicted octanol–water partition coefficient (Wildman–Crippen LogP) is 2.12. The second-order valence-electron chi connectivity index (χ2n) is 2.89. The van der Waals surface area contributed by atoms with Gasteiger partial charge in [0.2, 0.25) is 6.19 Å². The molecule has 0 saturated carbocycles. The van der Waals surface area contributed by atoms with Crippen molar-refractivity contribution in [1.82, 2.24) is 9.88 Å². The Morgan fingerprint density at radius 2 is 2.62 bits per heavy atom.